The van der Waals surface area contributed by atoms with E-state index in [0.29, 0.717) is 22.9 Å². The molecule has 0 saturated heterocycles. The fourth-order valence-electron chi connectivity index (χ4n) is 3.54. The van der Waals surface area contributed by atoms with Crippen LogP contribution in [-0.2, 0) is 20.2 Å². The number of rotatable bonds is 10. The SMILES string of the molecule is O=[N+]([O-])c1ccc(Nc2ccc(Oc3ccc(Nc4ccc([N+](=O)[O-])cc4S(=O)(=O)O)cc3)cc2)c(S(=O)(=O)O)c1. The molecule has 4 rings (SSSR count). The molecule has 0 radical (unpaired) electrons. The van der Waals surface area contributed by atoms with Crippen LogP contribution in [0.1, 0.15) is 0 Å². The fraction of sp³-hybridized carbons (Fsp3) is 0. The van der Waals surface area contributed by atoms with Crippen molar-refractivity contribution in [3.05, 3.63) is 105 Å². The lowest BCUT2D eigenvalue weighted by atomic mass is 10.2. The molecule has 4 aromatic rings. The predicted molar refractivity (Wildman–Crippen MR) is 145 cm³/mol. The van der Waals surface area contributed by atoms with Crippen molar-refractivity contribution in [2.75, 3.05) is 10.6 Å². The van der Waals surface area contributed by atoms with Crippen LogP contribution in [0.25, 0.3) is 0 Å². The van der Waals surface area contributed by atoms with E-state index in [9.17, 15) is 46.2 Å². The van der Waals surface area contributed by atoms with Crippen molar-refractivity contribution in [3.8, 4) is 11.5 Å². The maximum absolute atomic E-state index is 11.7. The van der Waals surface area contributed by atoms with E-state index in [-0.39, 0.29) is 11.4 Å². The van der Waals surface area contributed by atoms with Crippen molar-refractivity contribution in [2.24, 2.45) is 0 Å². The lowest BCUT2D eigenvalue weighted by Crippen LogP contribution is -2.04. The molecule has 0 saturated carbocycles. The van der Waals surface area contributed by atoms with E-state index in [1.807, 2.05) is 0 Å². The lowest BCUT2D eigenvalue weighted by molar-refractivity contribution is -0.385. The molecule has 15 nitrogen and oxygen atoms in total. The molecule has 0 spiro atoms. The summed E-state index contributed by atoms with van der Waals surface area (Å²) < 4.78 is 71.5. The second-order valence-corrected chi connectivity index (χ2v) is 11.0. The Kier molecular flexibility index (Phi) is 7.88. The van der Waals surface area contributed by atoms with E-state index in [2.05, 4.69) is 10.6 Å². The number of anilines is 4. The number of nitrogens with zero attached hydrogens (tertiary/aromatic N) is 2. The summed E-state index contributed by atoms with van der Waals surface area (Å²) in [7, 11) is -9.53. The second-order valence-electron chi connectivity index (χ2n) is 8.23. The van der Waals surface area contributed by atoms with Crippen LogP contribution in [-0.4, -0.2) is 35.8 Å². The molecule has 0 aliphatic carbocycles. The molecular weight excluding hydrogens is 584 g/mol. The number of hydrogen-bond acceptors (Lipinski definition) is 11. The molecule has 212 valence electrons. The summed E-state index contributed by atoms with van der Waals surface area (Å²) in [6, 6.07) is 18.2. The highest BCUT2D eigenvalue weighted by Crippen LogP contribution is 2.32. The molecule has 0 aliphatic rings. The van der Waals surface area contributed by atoms with Crippen molar-refractivity contribution < 1.29 is 40.5 Å². The van der Waals surface area contributed by atoms with Crippen molar-refractivity contribution in [3.63, 3.8) is 0 Å². The summed E-state index contributed by atoms with van der Waals surface area (Å²) in [5, 5.41) is 27.5. The Balaban J connectivity index is 1.47. The van der Waals surface area contributed by atoms with Gasteiger partial charge in [0.1, 0.15) is 21.3 Å². The molecule has 0 bridgehead atoms. The number of nitro benzene ring substituents is 2. The highest BCUT2D eigenvalue weighted by Gasteiger charge is 2.21. The van der Waals surface area contributed by atoms with Crippen LogP contribution in [0, 0.1) is 20.2 Å². The Morgan fingerprint density at radius 3 is 1.22 bits per heavy atom. The average molecular weight is 603 g/mol. The topological polar surface area (TPSA) is 228 Å². The molecule has 4 aromatic carbocycles. The van der Waals surface area contributed by atoms with E-state index < -0.39 is 51.2 Å². The summed E-state index contributed by atoms with van der Waals surface area (Å²) in [5.74, 6) is 0.748. The van der Waals surface area contributed by atoms with Gasteiger partial charge in [-0.25, -0.2) is 0 Å². The van der Waals surface area contributed by atoms with Gasteiger partial charge in [-0.1, -0.05) is 0 Å². The minimum atomic E-state index is -4.76. The standard InChI is InChI=1S/C24H18N4O11S2/c29-27(30)17-5-11-21(23(13-17)40(33,34)35)25-15-1-7-19(8-2-15)39-20-9-3-16(4-10-20)26-22-12-6-18(28(31)32)14-24(22)41(36,37)38/h1-14,25-26H,(H,33,34,35)(H,36,37,38). The van der Waals surface area contributed by atoms with Crippen molar-refractivity contribution in [1.82, 2.24) is 0 Å². The number of non-ortho nitro benzene ring substituents is 2. The van der Waals surface area contributed by atoms with Gasteiger partial charge in [-0.15, -0.1) is 0 Å². The zero-order chi connectivity index (χ0) is 29.9. The lowest BCUT2D eigenvalue weighted by Gasteiger charge is -2.12. The van der Waals surface area contributed by atoms with Crippen molar-refractivity contribution in [1.29, 1.82) is 0 Å². The third-order valence-corrected chi connectivity index (χ3v) is 7.20. The van der Waals surface area contributed by atoms with Crippen LogP contribution in [0.3, 0.4) is 0 Å². The normalized spacial score (nSPS) is 11.5. The molecule has 4 N–H and O–H groups in total. The largest absolute Gasteiger partial charge is 0.457 e. The number of ether oxygens (including phenoxy) is 1. The summed E-state index contributed by atoms with van der Waals surface area (Å²) in [5.41, 5.74) is -0.429. The Bertz CT molecular complexity index is 1720. The first kappa shape index (κ1) is 28.9. The summed E-state index contributed by atoms with van der Waals surface area (Å²) in [6.07, 6.45) is 0. The van der Waals surface area contributed by atoms with Crippen molar-refractivity contribution in [2.45, 2.75) is 9.79 Å². The van der Waals surface area contributed by atoms with E-state index >= 15 is 0 Å². The summed E-state index contributed by atoms with van der Waals surface area (Å²) in [4.78, 5) is 19.0. The van der Waals surface area contributed by atoms with E-state index in [1.54, 1.807) is 24.3 Å². The molecule has 0 amide bonds. The van der Waals surface area contributed by atoms with Gasteiger partial charge in [-0.3, -0.25) is 29.3 Å². The van der Waals surface area contributed by atoms with E-state index in [1.165, 1.54) is 24.3 Å². The maximum Gasteiger partial charge on any atom is 0.296 e. The molecule has 0 heterocycles. The molecule has 0 atom stereocenters. The molecule has 0 unspecified atom stereocenters. The van der Waals surface area contributed by atoms with Gasteiger partial charge in [0.05, 0.1) is 21.2 Å². The highest BCUT2D eigenvalue weighted by molar-refractivity contribution is 7.86. The molecular formula is C24H18N4O11S2. The number of hydrogen-bond donors (Lipinski definition) is 4. The zero-order valence-corrected chi connectivity index (χ0v) is 22.0. The van der Waals surface area contributed by atoms with Gasteiger partial charge in [0, 0.05) is 35.6 Å². The predicted octanol–water partition coefficient (Wildman–Crippen LogP) is 5.28. The Morgan fingerprint density at radius 2 is 0.927 bits per heavy atom. The summed E-state index contributed by atoms with van der Waals surface area (Å²) in [6.45, 7) is 0. The molecule has 0 aliphatic heterocycles. The third kappa shape index (κ3) is 7.11. The number of nitrogens with one attached hydrogen (secondary N) is 2. The number of benzene rings is 4. The minimum absolute atomic E-state index is 0.0833. The van der Waals surface area contributed by atoms with Gasteiger partial charge in [0.2, 0.25) is 0 Å². The van der Waals surface area contributed by atoms with Crippen LogP contribution < -0.4 is 15.4 Å². The Morgan fingerprint density at radius 1 is 0.585 bits per heavy atom. The first-order valence-electron chi connectivity index (χ1n) is 11.1. The van der Waals surface area contributed by atoms with Gasteiger partial charge < -0.3 is 15.4 Å². The van der Waals surface area contributed by atoms with E-state index in [0.717, 1.165) is 36.4 Å². The highest BCUT2D eigenvalue weighted by atomic mass is 32.2. The molecule has 17 heteroatoms. The van der Waals surface area contributed by atoms with Crippen LogP contribution in [0.5, 0.6) is 11.5 Å². The molecule has 41 heavy (non-hydrogen) atoms. The van der Waals surface area contributed by atoms with Gasteiger partial charge in [-0.2, -0.15) is 16.8 Å². The van der Waals surface area contributed by atoms with Crippen LogP contribution in [0.15, 0.2) is 94.7 Å². The van der Waals surface area contributed by atoms with E-state index in [4.69, 9.17) is 4.74 Å². The van der Waals surface area contributed by atoms with Crippen LogP contribution in [0.4, 0.5) is 34.1 Å². The number of nitro groups is 2. The van der Waals surface area contributed by atoms with Crippen LogP contribution in [0.2, 0.25) is 0 Å². The first-order chi connectivity index (χ1) is 19.2. The zero-order valence-electron chi connectivity index (χ0n) is 20.4. The first-order valence-corrected chi connectivity index (χ1v) is 14.0. The average Bonchev–Trinajstić information content (AvgIpc) is 2.90. The quantitative estimate of drug-likeness (QED) is 0.103. The van der Waals surface area contributed by atoms with Gasteiger partial charge >= 0.3 is 0 Å². The van der Waals surface area contributed by atoms with Gasteiger partial charge in [0.25, 0.3) is 31.6 Å². The van der Waals surface area contributed by atoms with Gasteiger partial charge in [0.15, 0.2) is 0 Å². The Hall–Kier alpha value is -5.10. The summed E-state index contributed by atoms with van der Waals surface area (Å²) >= 11 is 0. The fourth-order valence-corrected chi connectivity index (χ4v) is 4.88. The smallest absolute Gasteiger partial charge is 0.296 e. The maximum atomic E-state index is 11.7. The van der Waals surface area contributed by atoms with Crippen LogP contribution >= 0.6 is 0 Å². The second kappa shape index (κ2) is 11.2. The molecule has 0 aromatic heterocycles. The van der Waals surface area contributed by atoms with Gasteiger partial charge in [-0.05, 0) is 60.7 Å². The monoisotopic (exact) mass is 602 g/mol. The van der Waals surface area contributed by atoms with Crippen molar-refractivity contribution >= 4 is 54.4 Å². The minimum Gasteiger partial charge on any atom is -0.457 e. The third-order valence-electron chi connectivity index (χ3n) is 5.41. The molecule has 0 fully saturated rings. The Labute approximate surface area is 231 Å².